The Labute approximate surface area is 172 Å². The Morgan fingerprint density at radius 2 is 1.76 bits per heavy atom. The SMILES string of the molecule is CC(C)(C)c1ccc(OCC(=O)N2CCN(c3ccc(N)cc3C#N)CC2)cc1. The molecule has 1 saturated heterocycles. The quantitative estimate of drug-likeness (QED) is 0.808. The van der Waals surface area contributed by atoms with Crippen molar-refractivity contribution in [2.75, 3.05) is 43.4 Å². The fourth-order valence-corrected chi connectivity index (χ4v) is 3.40. The van der Waals surface area contributed by atoms with Gasteiger partial charge in [-0.3, -0.25) is 4.79 Å². The molecule has 0 saturated carbocycles. The van der Waals surface area contributed by atoms with E-state index in [4.69, 9.17) is 10.5 Å². The first-order valence-corrected chi connectivity index (χ1v) is 9.83. The second kappa shape index (κ2) is 8.44. The lowest BCUT2D eigenvalue weighted by molar-refractivity contribution is -0.133. The number of hydrogen-bond donors (Lipinski definition) is 1. The van der Waals surface area contributed by atoms with Crippen molar-refractivity contribution >= 4 is 17.3 Å². The van der Waals surface area contributed by atoms with Crippen molar-refractivity contribution in [1.82, 2.24) is 4.90 Å². The molecule has 2 aromatic rings. The Morgan fingerprint density at radius 3 is 2.34 bits per heavy atom. The van der Waals surface area contributed by atoms with E-state index in [0.717, 1.165) is 5.69 Å². The number of carbonyl (C=O) groups is 1. The van der Waals surface area contributed by atoms with Gasteiger partial charge in [0, 0.05) is 31.9 Å². The van der Waals surface area contributed by atoms with Gasteiger partial charge in [0.25, 0.3) is 5.91 Å². The predicted octanol–water partition coefficient (Wildman–Crippen LogP) is 3.17. The lowest BCUT2D eigenvalue weighted by Crippen LogP contribution is -2.50. The van der Waals surface area contributed by atoms with Gasteiger partial charge in [-0.05, 0) is 41.3 Å². The van der Waals surface area contributed by atoms with Crippen LogP contribution in [-0.2, 0) is 10.2 Å². The van der Waals surface area contributed by atoms with Crippen molar-refractivity contribution < 1.29 is 9.53 Å². The molecule has 0 aromatic heterocycles. The minimum Gasteiger partial charge on any atom is -0.484 e. The van der Waals surface area contributed by atoms with Gasteiger partial charge in [-0.2, -0.15) is 5.26 Å². The molecule has 1 aliphatic heterocycles. The lowest BCUT2D eigenvalue weighted by Gasteiger charge is -2.36. The number of piperazine rings is 1. The molecule has 1 fully saturated rings. The molecule has 2 aromatic carbocycles. The first-order chi connectivity index (χ1) is 13.8. The molecule has 6 nitrogen and oxygen atoms in total. The van der Waals surface area contributed by atoms with Crippen LogP contribution in [0, 0.1) is 11.3 Å². The van der Waals surface area contributed by atoms with Crippen LogP contribution in [0.1, 0.15) is 31.9 Å². The van der Waals surface area contributed by atoms with Crippen molar-refractivity contribution in [3.05, 3.63) is 53.6 Å². The third-order valence-electron chi connectivity index (χ3n) is 5.20. The van der Waals surface area contributed by atoms with E-state index >= 15 is 0 Å². The average molecular weight is 393 g/mol. The Morgan fingerprint density at radius 1 is 1.10 bits per heavy atom. The molecule has 2 N–H and O–H groups in total. The molecule has 0 aliphatic carbocycles. The Bertz CT molecular complexity index is 902. The van der Waals surface area contributed by atoms with E-state index in [9.17, 15) is 10.1 Å². The minimum atomic E-state index is -0.0256. The van der Waals surface area contributed by atoms with Crippen LogP contribution >= 0.6 is 0 Å². The number of rotatable bonds is 4. The topological polar surface area (TPSA) is 82.6 Å². The second-order valence-corrected chi connectivity index (χ2v) is 8.32. The monoisotopic (exact) mass is 392 g/mol. The third kappa shape index (κ3) is 5.00. The van der Waals surface area contributed by atoms with Crippen LogP contribution in [0.25, 0.3) is 0 Å². The summed E-state index contributed by atoms with van der Waals surface area (Å²) >= 11 is 0. The molecule has 0 bridgehead atoms. The van der Waals surface area contributed by atoms with Gasteiger partial charge in [-0.25, -0.2) is 0 Å². The Balaban J connectivity index is 1.52. The summed E-state index contributed by atoms with van der Waals surface area (Å²) in [5.41, 5.74) is 9.09. The number of nitriles is 1. The molecule has 1 aliphatic rings. The predicted molar refractivity (Wildman–Crippen MR) is 115 cm³/mol. The molecule has 0 unspecified atom stereocenters. The number of nitrogen functional groups attached to an aromatic ring is 1. The van der Waals surface area contributed by atoms with E-state index in [1.807, 2.05) is 35.2 Å². The molecule has 0 spiro atoms. The Kier molecular flexibility index (Phi) is 5.97. The van der Waals surface area contributed by atoms with Crippen molar-refractivity contribution in [3.8, 4) is 11.8 Å². The highest BCUT2D eigenvalue weighted by Crippen LogP contribution is 2.25. The highest BCUT2D eigenvalue weighted by molar-refractivity contribution is 5.78. The van der Waals surface area contributed by atoms with Gasteiger partial charge < -0.3 is 20.3 Å². The molecule has 6 heteroatoms. The van der Waals surface area contributed by atoms with Crippen LogP contribution in [0.4, 0.5) is 11.4 Å². The number of ether oxygens (including phenoxy) is 1. The summed E-state index contributed by atoms with van der Waals surface area (Å²) in [4.78, 5) is 16.4. The van der Waals surface area contributed by atoms with Gasteiger partial charge in [0.15, 0.2) is 6.61 Å². The summed E-state index contributed by atoms with van der Waals surface area (Å²) in [5.74, 6) is 0.674. The Hall–Kier alpha value is -3.20. The second-order valence-electron chi connectivity index (χ2n) is 8.32. The number of hydrogen-bond acceptors (Lipinski definition) is 5. The molecule has 152 valence electrons. The summed E-state index contributed by atoms with van der Waals surface area (Å²) in [7, 11) is 0. The standard InChI is InChI=1S/C23H28N4O2/c1-23(2,3)18-4-7-20(8-5-18)29-16-22(28)27-12-10-26(11-13-27)21-9-6-19(25)14-17(21)15-24/h4-9,14H,10-13,16,25H2,1-3H3. The van der Waals surface area contributed by atoms with Crippen LogP contribution in [-0.4, -0.2) is 43.6 Å². The zero-order chi connectivity index (χ0) is 21.0. The molecule has 0 atom stereocenters. The van der Waals surface area contributed by atoms with Gasteiger partial charge in [0.05, 0.1) is 11.3 Å². The number of anilines is 2. The van der Waals surface area contributed by atoms with Crippen molar-refractivity contribution in [3.63, 3.8) is 0 Å². The van der Waals surface area contributed by atoms with Crippen LogP contribution in [0.15, 0.2) is 42.5 Å². The molecular formula is C23H28N4O2. The normalized spacial score (nSPS) is 14.4. The van der Waals surface area contributed by atoms with Crippen LogP contribution in [0.3, 0.4) is 0 Å². The average Bonchev–Trinajstić information content (AvgIpc) is 2.71. The number of amides is 1. The maximum Gasteiger partial charge on any atom is 0.260 e. The number of nitrogens with two attached hydrogens (primary N) is 1. The number of nitrogens with zero attached hydrogens (tertiary/aromatic N) is 3. The lowest BCUT2D eigenvalue weighted by atomic mass is 9.87. The first-order valence-electron chi connectivity index (χ1n) is 9.83. The summed E-state index contributed by atoms with van der Waals surface area (Å²) in [5, 5.41) is 9.34. The van der Waals surface area contributed by atoms with E-state index in [0.29, 0.717) is 43.2 Å². The zero-order valence-electron chi connectivity index (χ0n) is 17.3. The van der Waals surface area contributed by atoms with Crippen molar-refractivity contribution in [2.45, 2.75) is 26.2 Å². The molecule has 3 rings (SSSR count). The molecule has 29 heavy (non-hydrogen) atoms. The maximum atomic E-state index is 12.5. The van der Waals surface area contributed by atoms with Crippen molar-refractivity contribution in [2.24, 2.45) is 0 Å². The largest absolute Gasteiger partial charge is 0.484 e. The van der Waals surface area contributed by atoms with Crippen LogP contribution < -0.4 is 15.4 Å². The number of benzene rings is 2. The highest BCUT2D eigenvalue weighted by atomic mass is 16.5. The van der Waals surface area contributed by atoms with Crippen molar-refractivity contribution in [1.29, 1.82) is 5.26 Å². The highest BCUT2D eigenvalue weighted by Gasteiger charge is 2.23. The molecule has 1 amide bonds. The molecular weight excluding hydrogens is 364 g/mol. The fourth-order valence-electron chi connectivity index (χ4n) is 3.40. The summed E-state index contributed by atoms with van der Waals surface area (Å²) in [6.45, 7) is 9.05. The molecule has 1 heterocycles. The fraction of sp³-hybridized carbons (Fsp3) is 0.391. The van der Waals surface area contributed by atoms with Crippen LogP contribution in [0.2, 0.25) is 0 Å². The van der Waals surface area contributed by atoms with Gasteiger partial charge in [0.1, 0.15) is 11.8 Å². The number of carbonyl (C=O) groups excluding carboxylic acids is 1. The smallest absolute Gasteiger partial charge is 0.260 e. The van der Waals surface area contributed by atoms with E-state index in [2.05, 4.69) is 31.7 Å². The maximum absolute atomic E-state index is 12.5. The van der Waals surface area contributed by atoms with E-state index in [-0.39, 0.29) is 17.9 Å². The summed E-state index contributed by atoms with van der Waals surface area (Å²) in [6, 6.07) is 15.5. The third-order valence-corrected chi connectivity index (χ3v) is 5.20. The minimum absolute atomic E-state index is 0.0256. The van der Waals surface area contributed by atoms with Gasteiger partial charge in [-0.1, -0.05) is 32.9 Å². The van der Waals surface area contributed by atoms with E-state index in [1.165, 1.54) is 5.56 Å². The van der Waals surface area contributed by atoms with Crippen LogP contribution in [0.5, 0.6) is 5.75 Å². The van der Waals surface area contributed by atoms with Gasteiger partial charge in [-0.15, -0.1) is 0 Å². The van der Waals surface area contributed by atoms with E-state index in [1.54, 1.807) is 12.1 Å². The first kappa shape index (κ1) is 20.5. The van der Waals surface area contributed by atoms with Gasteiger partial charge >= 0.3 is 0 Å². The summed E-state index contributed by atoms with van der Waals surface area (Å²) in [6.07, 6.45) is 0. The van der Waals surface area contributed by atoms with E-state index < -0.39 is 0 Å². The molecule has 0 radical (unpaired) electrons. The summed E-state index contributed by atoms with van der Waals surface area (Å²) < 4.78 is 5.69. The zero-order valence-corrected chi connectivity index (χ0v) is 17.3. The van der Waals surface area contributed by atoms with Gasteiger partial charge in [0.2, 0.25) is 0 Å².